The molecule has 29 heavy (non-hydrogen) atoms. The van der Waals surface area contributed by atoms with Crippen molar-refractivity contribution in [3.63, 3.8) is 0 Å². The van der Waals surface area contributed by atoms with Crippen molar-refractivity contribution in [1.29, 1.82) is 0 Å². The number of nitrogens with zero attached hydrogens (tertiary/aromatic N) is 3. The summed E-state index contributed by atoms with van der Waals surface area (Å²) >= 11 is 12.3. The van der Waals surface area contributed by atoms with Gasteiger partial charge in [-0.05, 0) is 57.0 Å². The van der Waals surface area contributed by atoms with Crippen LogP contribution in [-0.2, 0) is 4.79 Å². The molecule has 4 rings (SSSR count). The zero-order chi connectivity index (χ0) is 20.8. The average molecular weight is 433 g/mol. The summed E-state index contributed by atoms with van der Waals surface area (Å²) in [5, 5.41) is 11.3. The topological polar surface area (TPSA) is 68.5 Å². The Morgan fingerprint density at radius 3 is 2.59 bits per heavy atom. The summed E-state index contributed by atoms with van der Waals surface area (Å²) in [6.45, 7) is 5.33. The molecule has 152 valence electrons. The number of hydrogen-bond acceptors (Lipinski definition) is 4. The summed E-state index contributed by atoms with van der Waals surface area (Å²) in [5.74, 6) is 1.16. The molecule has 0 spiro atoms. The number of halogens is 2. The maximum Gasteiger partial charge on any atom is 0.264 e. The zero-order valence-corrected chi connectivity index (χ0v) is 17.9. The Balaban J connectivity index is 1.42. The third-order valence-electron chi connectivity index (χ3n) is 5.10. The van der Waals surface area contributed by atoms with Crippen LogP contribution in [0.15, 0.2) is 48.7 Å². The Kier molecular flexibility index (Phi) is 4.95. The Hall–Kier alpha value is -2.31. The van der Waals surface area contributed by atoms with Gasteiger partial charge < -0.3 is 10.1 Å². The van der Waals surface area contributed by atoms with Gasteiger partial charge in [0.25, 0.3) is 5.91 Å². The minimum atomic E-state index is -1.07. The average Bonchev–Trinajstić information content (AvgIpc) is 3.11. The van der Waals surface area contributed by atoms with Crippen molar-refractivity contribution in [2.75, 3.05) is 0 Å². The van der Waals surface area contributed by atoms with Gasteiger partial charge in [0.2, 0.25) is 0 Å². The van der Waals surface area contributed by atoms with Gasteiger partial charge >= 0.3 is 0 Å². The van der Waals surface area contributed by atoms with E-state index in [0.29, 0.717) is 11.6 Å². The minimum Gasteiger partial charge on any atom is -0.478 e. The largest absolute Gasteiger partial charge is 0.478 e. The minimum absolute atomic E-state index is 0.148. The fourth-order valence-electron chi connectivity index (χ4n) is 3.27. The van der Waals surface area contributed by atoms with Crippen molar-refractivity contribution < 1.29 is 9.53 Å². The van der Waals surface area contributed by atoms with E-state index in [4.69, 9.17) is 27.9 Å². The lowest BCUT2D eigenvalue weighted by Gasteiger charge is -2.27. The fourth-order valence-corrected chi connectivity index (χ4v) is 3.83. The molecule has 1 aliphatic carbocycles. The Morgan fingerprint density at radius 2 is 1.93 bits per heavy atom. The number of aromatic nitrogens is 3. The quantitative estimate of drug-likeness (QED) is 0.585. The van der Waals surface area contributed by atoms with E-state index < -0.39 is 9.93 Å². The van der Waals surface area contributed by atoms with E-state index in [2.05, 4.69) is 15.5 Å². The van der Waals surface area contributed by atoms with Crippen LogP contribution >= 0.6 is 23.2 Å². The number of benzene rings is 1. The Morgan fingerprint density at radius 1 is 1.24 bits per heavy atom. The maximum absolute atomic E-state index is 12.9. The van der Waals surface area contributed by atoms with Crippen molar-refractivity contribution in [1.82, 2.24) is 19.9 Å². The number of pyridine rings is 1. The van der Waals surface area contributed by atoms with E-state index in [1.54, 1.807) is 13.8 Å². The number of hydrogen-bond donors (Lipinski definition) is 1. The molecular formula is C21H22Cl2N4O2. The third-order valence-corrected chi connectivity index (χ3v) is 5.94. The summed E-state index contributed by atoms with van der Waals surface area (Å²) in [6.07, 6.45) is 2.62. The van der Waals surface area contributed by atoms with E-state index in [-0.39, 0.29) is 17.9 Å². The van der Waals surface area contributed by atoms with Gasteiger partial charge in [-0.15, -0.1) is 33.4 Å². The highest BCUT2D eigenvalue weighted by Gasteiger charge is 2.52. The number of fused-ring (bicyclic) bond motifs is 1. The van der Waals surface area contributed by atoms with Crippen LogP contribution in [0.5, 0.6) is 5.75 Å². The van der Waals surface area contributed by atoms with Gasteiger partial charge in [0.05, 0.1) is 6.04 Å². The van der Waals surface area contributed by atoms with Crippen molar-refractivity contribution in [2.24, 2.45) is 0 Å². The first-order valence-corrected chi connectivity index (χ1v) is 10.2. The summed E-state index contributed by atoms with van der Waals surface area (Å²) in [4.78, 5) is 12.9. The van der Waals surface area contributed by atoms with Crippen molar-refractivity contribution in [3.05, 3.63) is 60.0 Å². The number of nitrogens with one attached hydrogen (secondary N) is 1. The number of carbonyl (C=O) groups excluding carboxylic acids is 1. The van der Waals surface area contributed by atoms with Crippen LogP contribution in [0.3, 0.4) is 0 Å². The molecule has 1 aliphatic rings. The molecule has 1 amide bonds. The van der Waals surface area contributed by atoms with Crippen LogP contribution < -0.4 is 10.1 Å². The molecule has 1 N–H and O–H groups in total. The molecule has 1 aromatic carbocycles. The van der Waals surface area contributed by atoms with Gasteiger partial charge in [-0.25, -0.2) is 0 Å². The lowest BCUT2D eigenvalue weighted by molar-refractivity contribution is -0.135. The number of alkyl halides is 2. The van der Waals surface area contributed by atoms with Crippen LogP contribution in [0.2, 0.25) is 0 Å². The molecule has 0 radical (unpaired) electrons. The smallest absolute Gasteiger partial charge is 0.264 e. The molecule has 1 unspecified atom stereocenters. The predicted octanol–water partition coefficient (Wildman–Crippen LogP) is 4.43. The van der Waals surface area contributed by atoms with E-state index in [1.807, 2.05) is 60.0 Å². The van der Waals surface area contributed by atoms with E-state index in [0.717, 1.165) is 17.6 Å². The first kappa shape index (κ1) is 20.0. The molecule has 0 bridgehead atoms. The van der Waals surface area contributed by atoms with Gasteiger partial charge in [0, 0.05) is 12.1 Å². The summed E-state index contributed by atoms with van der Waals surface area (Å²) < 4.78 is 7.14. The molecule has 0 saturated heterocycles. The van der Waals surface area contributed by atoms with Gasteiger partial charge in [-0.2, -0.15) is 0 Å². The molecule has 3 aromatic rings. The lowest BCUT2D eigenvalue weighted by Crippen LogP contribution is -2.47. The first-order chi connectivity index (χ1) is 13.7. The van der Waals surface area contributed by atoms with Crippen molar-refractivity contribution >= 4 is 34.8 Å². The number of rotatable bonds is 6. The van der Waals surface area contributed by atoms with Gasteiger partial charge in [-0.3, -0.25) is 9.20 Å². The van der Waals surface area contributed by atoms with Gasteiger partial charge in [0.15, 0.2) is 17.1 Å². The summed E-state index contributed by atoms with van der Waals surface area (Å²) in [6, 6.07) is 12.9. The highest BCUT2D eigenvalue weighted by Crippen LogP contribution is 2.59. The standard InChI is InChI=1S/C21H22Cl2N4O2/c1-13(18-26-25-17-6-4-5-11-27(17)18)24-19(28)20(2,3)29-15-9-7-14(8-10-15)16-12-21(16,22)23/h4-11,13,16H,12H2,1-3H3,(H,24,28)/t13-,16?/m0/s1. The molecule has 2 heterocycles. The second-order valence-corrected chi connectivity index (χ2v) is 9.42. The SMILES string of the molecule is C[C@H](NC(=O)C(C)(C)Oc1ccc(C2CC2(Cl)Cl)cc1)c1nnc2ccccn12. The lowest BCUT2D eigenvalue weighted by atomic mass is 10.1. The highest BCUT2D eigenvalue weighted by atomic mass is 35.5. The first-order valence-electron chi connectivity index (χ1n) is 9.45. The molecule has 6 nitrogen and oxygen atoms in total. The third kappa shape index (κ3) is 4.05. The summed E-state index contributed by atoms with van der Waals surface area (Å²) in [7, 11) is 0. The molecule has 2 atom stereocenters. The normalized spacial score (nSPS) is 19.0. The molecule has 8 heteroatoms. The van der Waals surface area contributed by atoms with Gasteiger partial charge in [-0.1, -0.05) is 18.2 Å². The van der Waals surface area contributed by atoms with Crippen LogP contribution in [-0.4, -0.2) is 30.4 Å². The second-order valence-electron chi connectivity index (χ2n) is 7.88. The van der Waals surface area contributed by atoms with Crippen molar-refractivity contribution in [2.45, 2.75) is 49.1 Å². The molecule has 2 aromatic heterocycles. The maximum atomic E-state index is 12.9. The summed E-state index contributed by atoms with van der Waals surface area (Å²) in [5.41, 5.74) is 0.725. The number of ether oxygens (including phenoxy) is 1. The zero-order valence-electron chi connectivity index (χ0n) is 16.4. The number of carbonyl (C=O) groups is 1. The monoisotopic (exact) mass is 432 g/mol. The molecule has 1 fully saturated rings. The Labute approximate surface area is 179 Å². The predicted molar refractivity (Wildman–Crippen MR) is 112 cm³/mol. The van der Waals surface area contributed by atoms with E-state index in [9.17, 15) is 4.79 Å². The van der Waals surface area contributed by atoms with Crippen LogP contribution in [0.25, 0.3) is 5.65 Å². The van der Waals surface area contributed by atoms with Gasteiger partial charge in [0.1, 0.15) is 10.1 Å². The molecule has 0 aliphatic heterocycles. The fraction of sp³-hybridized carbons (Fsp3) is 0.381. The van der Waals surface area contributed by atoms with E-state index in [1.165, 1.54) is 0 Å². The highest BCUT2D eigenvalue weighted by molar-refractivity contribution is 6.51. The van der Waals surface area contributed by atoms with Crippen LogP contribution in [0.4, 0.5) is 0 Å². The second kappa shape index (κ2) is 7.18. The van der Waals surface area contributed by atoms with Crippen LogP contribution in [0.1, 0.15) is 50.5 Å². The Bertz CT molecular complexity index is 1050. The number of amides is 1. The van der Waals surface area contributed by atoms with Crippen molar-refractivity contribution in [3.8, 4) is 5.75 Å². The van der Waals surface area contributed by atoms with Crippen LogP contribution in [0, 0.1) is 0 Å². The van der Waals surface area contributed by atoms with E-state index >= 15 is 0 Å². The molecular weight excluding hydrogens is 411 g/mol. The molecule has 1 saturated carbocycles.